The average molecular weight is 165 g/mol. The molecule has 0 fully saturated rings. The van der Waals surface area contributed by atoms with Gasteiger partial charge in [-0.2, -0.15) is 5.26 Å². The Kier molecular flexibility index (Phi) is 2.72. The maximum Gasteiger partial charge on any atom is 0.141 e. The fourth-order valence-corrected chi connectivity index (χ4v) is 0.847. The maximum atomic E-state index is 12.6. The lowest BCUT2D eigenvalue weighted by atomic mass is 10.1. The van der Waals surface area contributed by atoms with Crippen LogP contribution in [0.15, 0.2) is 18.5 Å². The van der Waals surface area contributed by atoms with Gasteiger partial charge in [-0.05, 0) is 11.6 Å². The first-order chi connectivity index (χ1) is 5.74. The molecule has 62 valence electrons. The second-order valence-electron chi connectivity index (χ2n) is 2.41. The van der Waals surface area contributed by atoms with Crippen molar-refractivity contribution < 1.29 is 4.39 Å². The second kappa shape index (κ2) is 3.79. The molecule has 0 amide bonds. The third kappa shape index (κ3) is 2.01. The van der Waals surface area contributed by atoms with E-state index >= 15 is 0 Å². The van der Waals surface area contributed by atoms with Gasteiger partial charge < -0.3 is 5.73 Å². The van der Waals surface area contributed by atoms with Crippen LogP contribution in [0.3, 0.4) is 0 Å². The van der Waals surface area contributed by atoms with Crippen molar-refractivity contribution in [3.8, 4) is 6.07 Å². The molecule has 3 nitrogen and oxygen atoms in total. The van der Waals surface area contributed by atoms with Crippen LogP contribution in [0.2, 0.25) is 0 Å². The van der Waals surface area contributed by atoms with E-state index in [0.717, 1.165) is 6.20 Å². The summed E-state index contributed by atoms with van der Waals surface area (Å²) >= 11 is 0. The van der Waals surface area contributed by atoms with E-state index in [4.69, 9.17) is 11.0 Å². The smallest absolute Gasteiger partial charge is 0.141 e. The summed E-state index contributed by atoms with van der Waals surface area (Å²) in [5, 5.41) is 8.32. The predicted octanol–water partition coefficient (Wildman–Crippen LogP) is 1.13. The van der Waals surface area contributed by atoms with Crippen LogP contribution in [0.5, 0.6) is 0 Å². The molecule has 0 unspecified atom stereocenters. The van der Waals surface area contributed by atoms with E-state index in [-0.39, 0.29) is 6.42 Å². The van der Waals surface area contributed by atoms with E-state index in [1.165, 1.54) is 12.3 Å². The number of rotatable bonds is 2. The molecule has 1 atom stereocenters. The van der Waals surface area contributed by atoms with Crippen molar-refractivity contribution in [2.75, 3.05) is 0 Å². The summed E-state index contributed by atoms with van der Waals surface area (Å²) in [6, 6.07) is 2.75. The number of hydrogen-bond donors (Lipinski definition) is 1. The van der Waals surface area contributed by atoms with E-state index in [0.29, 0.717) is 5.56 Å². The molecule has 0 radical (unpaired) electrons. The van der Waals surface area contributed by atoms with Gasteiger partial charge in [0.1, 0.15) is 5.82 Å². The zero-order chi connectivity index (χ0) is 8.97. The minimum Gasteiger partial charge on any atom is -0.323 e. The summed E-state index contributed by atoms with van der Waals surface area (Å²) in [5.74, 6) is -0.430. The highest BCUT2D eigenvalue weighted by Gasteiger charge is 2.05. The molecule has 0 bridgehead atoms. The van der Waals surface area contributed by atoms with Crippen LogP contribution in [0.4, 0.5) is 4.39 Å². The fraction of sp³-hybridized carbons (Fsp3) is 0.250. The molecule has 0 spiro atoms. The first kappa shape index (κ1) is 8.62. The number of nitrogens with zero attached hydrogens (tertiary/aromatic N) is 2. The summed E-state index contributed by atoms with van der Waals surface area (Å²) in [4.78, 5) is 3.62. The number of nitriles is 1. The number of aromatic nitrogens is 1. The maximum absolute atomic E-state index is 12.6. The van der Waals surface area contributed by atoms with Crippen LogP contribution in [-0.4, -0.2) is 4.98 Å². The fourth-order valence-electron chi connectivity index (χ4n) is 0.847. The highest BCUT2D eigenvalue weighted by molar-refractivity contribution is 5.15. The van der Waals surface area contributed by atoms with Gasteiger partial charge in [0.15, 0.2) is 0 Å². The summed E-state index contributed by atoms with van der Waals surface area (Å²) in [6.45, 7) is 0. The Balaban J connectivity index is 2.82. The molecule has 1 rings (SSSR count). The molecule has 0 aliphatic heterocycles. The Labute approximate surface area is 69.6 Å². The van der Waals surface area contributed by atoms with Crippen LogP contribution in [0, 0.1) is 17.1 Å². The molecular weight excluding hydrogens is 157 g/mol. The largest absolute Gasteiger partial charge is 0.323 e. The third-order valence-corrected chi connectivity index (χ3v) is 1.47. The van der Waals surface area contributed by atoms with E-state index < -0.39 is 11.9 Å². The molecule has 0 aliphatic rings. The third-order valence-electron chi connectivity index (χ3n) is 1.47. The topological polar surface area (TPSA) is 62.7 Å². The molecule has 0 aromatic carbocycles. The standard InChI is InChI=1S/C8H8FN3/c9-7-3-6(4-12-5-7)8(11)1-2-10/h3-5,8H,1,11H2/t8-/m1/s1. The van der Waals surface area contributed by atoms with Gasteiger partial charge in [-0.15, -0.1) is 0 Å². The summed E-state index contributed by atoms with van der Waals surface area (Å²) in [5.41, 5.74) is 6.10. The van der Waals surface area contributed by atoms with Gasteiger partial charge >= 0.3 is 0 Å². The van der Waals surface area contributed by atoms with Gasteiger partial charge in [0.25, 0.3) is 0 Å². The molecule has 1 aromatic rings. The van der Waals surface area contributed by atoms with Crippen LogP contribution in [-0.2, 0) is 0 Å². The summed E-state index contributed by atoms with van der Waals surface area (Å²) < 4.78 is 12.6. The molecule has 0 saturated carbocycles. The average Bonchev–Trinajstić information content (AvgIpc) is 2.05. The van der Waals surface area contributed by atoms with Crippen molar-refractivity contribution in [2.24, 2.45) is 5.73 Å². The Morgan fingerprint density at radius 3 is 3.00 bits per heavy atom. The van der Waals surface area contributed by atoms with Crippen molar-refractivity contribution in [2.45, 2.75) is 12.5 Å². The monoisotopic (exact) mass is 165 g/mol. The number of nitrogens with two attached hydrogens (primary N) is 1. The molecule has 0 aliphatic carbocycles. The molecule has 1 aromatic heterocycles. The highest BCUT2D eigenvalue weighted by Crippen LogP contribution is 2.12. The Hall–Kier alpha value is -1.47. The first-order valence-corrected chi connectivity index (χ1v) is 3.47. The van der Waals surface area contributed by atoms with Crippen LogP contribution in [0.25, 0.3) is 0 Å². The highest BCUT2D eigenvalue weighted by atomic mass is 19.1. The quantitative estimate of drug-likeness (QED) is 0.714. The normalized spacial score (nSPS) is 12.1. The zero-order valence-electron chi connectivity index (χ0n) is 6.37. The molecule has 1 heterocycles. The molecular formula is C8H8FN3. The van der Waals surface area contributed by atoms with Crippen molar-refractivity contribution in [3.63, 3.8) is 0 Å². The summed E-state index contributed by atoms with van der Waals surface area (Å²) in [7, 11) is 0. The van der Waals surface area contributed by atoms with E-state index in [1.807, 2.05) is 6.07 Å². The minimum absolute atomic E-state index is 0.172. The van der Waals surface area contributed by atoms with Gasteiger partial charge in [0.05, 0.1) is 18.7 Å². The van der Waals surface area contributed by atoms with E-state index in [1.54, 1.807) is 0 Å². The Morgan fingerprint density at radius 1 is 1.67 bits per heavy atom. The van der Waals surface area contributed by atoms with Gasteiger partial charge in [0.2, 0.25) is 0 Å². The van der Waals surface area contributed by atoms with Crippen molar-refractivity contribution >= 4 is 0 Å². The second-order valence-corrected chi connectivity index (χ2v) is 2.41. The summed E-state index contributed by atoms with van der Waals surface area (Å²) in [6.07, 6.45) is 2.73. The van der Waals surface area contributed by atoms with Crippen molar-refractivity contribution in [1.82, 2.24) is 4.98 Å². The van der Waals surface area contributed by atoms with Gasteiger partial charge in [0, 0.05) is 12.2 Å². The predicted molar refractivity (Wildman–Crippen MR) is 41.4 cm³/mol. The van der Waals surface area contributed by atoms with E-state index in [9.17, 15) is 4.39 Å². The van der Waals surface area contributed by atoms with Crippen molar-refractivity contribution in [3.05, 3.63) is 29.8 Å². The van der Waals surface area contributed by atoms with Crippen LogP contribution < -0.4 is 5.73 Å². The lowest BCUT2D eigenvalue weighted by molar-refractivity contribution is 0.612. The molecule has 4 heteroatoms. The molecule has 2 N–H and O–H groups in total. The molecule has 12 heavy (non-hydrogen) atoms. The lowest BCUT2D eigenvalue weighted by Crippen LogP contribution is -2.09. The zero-order valence-corrected chi connectivity index (χ0v) is 6.37. The minimum atomic E-state index is -0.446. The van der Waals surface area contributed by atoms with Gasteiger partial charge in [-0.3, -0.25) is 4.98 Å². The van der Waals surface area contributed by atoms with E-state index in [2.05, 4.69) is 4.98 Å². The van der Waals surface area contributed by atoms with Gasteiger partial charge in [-0.1, -0.05) is 0 Å². The van der Waals surface area contributed by atoms with Crippen LogP contribution in [0.1, 0.15) is 18.0 Å². The number of pyridine rings is 1. The number of hydrogen-bond acceptors (Lipinski definition) is 3. The lowest BCUT2D eigenvalue weighted by Gasteiger charge is -2.05. The van der Waals surface area contributed by atoms with Gasteiger partial charge in [-0.25, -0.2) is 4.39 Å². The Bertz CT molecular complexity index is 305. The Morgan fingerprint density at radius 2 is 2.42 bits per heavy atom. The number of halogens is 1. The first-order valence-electron chi connectivity index (χ1n) is 3.47. The SMILES string of the molecule is N#CC[C@@H](N)c1cncc(F)c1. The van der Waals surface area contributed by atoms with Crippen LogP contribution >= 0.6 is 0 Å². The molecule has 0 saturated heterocycles. The van der Waals surface area contributed by atoms with Crippen molar-refractivity contribution in [1.29, 1.82) is 5.26 Å².